The van der Waals surface area contributed by atoms with Gasteiger partial charge in [0, 0.05) is 24.7 Å². The first-order valence-corrected chi connectivity index (χ1v) is 11.5. The van der Waals surface area contributed by atoms with Crippen LogP contribution in [0.25, 0.3) is 0 Å². The summed E-state index contributed by atoms with van der Waals surface area (Å²) in [4.78, 5) is 12.8. The largest absolute Gasteiger partial charge is 0.349 e. The van der Waals surface area contributed by atoms with Crippen LogP contribution in [0.4, 0.5) is 0 Å². The summed E-state index contributed by atoms with van der Waals surface area (Å²) in [5, 5.41) is 3.08. The summed E-state index contributed by atoms with van der Waals surface area (Å²) in [7, 11) is -3.52. The molecule has 8 heteroatoms. The zero-order chi connectivity index (χ0) is 19.9. The highest BCUT2D eigenvalue weighted by atomic mass is 35.5. The van der Waals surface area contributed by atoms with Gasteiger partial charge in [-0.15, -0.1) is 12.4 Å². The molecule has 1 aromatic rings. The SMILES string of the molecule is CCCN(CCC)S(=O)(=O)c1ccc(C(=O)NC2CCCCC2CN)cc1.Cl. The molecule has 2 rings (SSSR count). The van der Waals surface area contributed by atoms with E-state index in [0.717, 1.165) is 38.5 Å². The number of rotatable bonds is 9. The monoisotopic (exact) mass is 431 g/mol. The van der Waals surface area contributed by atoms with Crippen LogP contribution in [0.5, 0.6) is 0 Å². The number of benzene rings is 1. The lowest BCUT2D eigenvalue weighted by Gasteiger charge is -2.31. The Labute approximate surface area is 175 Å². The van der Waals surface area contributed by atoms with Gasteiger partial charge in [0.05, 0.1) is 4.90 Å². The van der Waals surface area contributed by atoms with E-state index < -0.39 is 10.0 Å². The fourth-order valence-corrected chi connectivity index (χ4v) is 5.33. The van der Waals surface area contributed by atoms with Crippen molar-refractivity contribution in [2.24, 2.45) is 11.7 Å². The third-order valence-electron chi connectivity index (χ3n) is 5.23. The van der Waals surface area contributed by atoms with Gasteiger partial charge in [-0.3, -0.25) is 4.79 Å². The Morgan fingerprint density at radius 3 is 2.21 bits per heavy atom. The number of sulfonamides is 1. The summed E-state index contributed by atoms with van der Waals surface area (Å²) in [5.41, 5.74) is 6.31. The molecule has 0 aromatic heterocycles. The number of carbonyl (C=O) groups excluding carboxylic acids is 1. The molecule has 0 heterocycles. The van der Waals surface area contributed by atoms with Crippen molar-refractivity contribution in [1.29, 1.82) is 0 Å². The van der Waals surface area contributed by atoms with Crippen molar-refractivity contribution in [3.8, 4) is 0 Å². The van der Waals surface area contributed by atoms with Crippen molar-refractivity contribution in [1.82, 2.24) is 9.62 Å². The lowest BCUT2D eigenvalue weighted by Crippen LogP contribution is -2.44. The van der Waals surface area contributed by atoms with Crippen molar-refractivity contribution in [3.63, 3.8) is 0 Å². The highest BCUT2D eigenvalue weighted by Crippen LogP contribution is 2.24. The van der Waals surface area contributed by atoms with Crippen LogP contribution < -0.4 is 11.1 Å². The number of carbonyl (C=O) groups is 1. The molecule has 1 aliphatic carbocycles. The maximum atomic E-state index is 12.8. The minimum atomic E-state index is -3.52. The molecule has 6 nitrogen and oxygen atoms in total. The van der Waals surface area contributed by atoms with Crippen LogP contribution in [0.3, 0.4) is 0 Å². The number of nitrogens with two attached hydrogens (primary N) is 1. The van der Waals surface area contributed by atoms with Gasteiger partial charge < -0.3 is 11.1 Å². The first-order chi connectivity index (χ1) is 12.9. The van der Waals surface area contributed by atoms with Gasteiger partial charge in [-0.1, -0.05) is 26.7 Å². The highest BCUT2D eigenvalue weighted by Gasteiger charge is 2.26. The molecule has 160 valence electrons. The van der Waals surface area contributed by atoms with E-state index in [1.807, 2.05) is 13.8 Å². The van der Waals surface area contributed by atoms with E-state index in [4.69, 9.17) is 5.73 Å². The van der Waals surface area contributed by atoms with Crippen molar-refractivity contribution >= 4 is 28.3 Å². The van der Waals surface area contributed by atoms with Crippen LogP contribution in [-0.2, 0) is 10.0 Å². The molecule has 0 spiro atoms. The van der Waals surface area contributed by atoms with E-state index in [1.165, 1.54) is 16.4 Å². The first kappa shape index (κ1) is 24.9. The fourth-order valence-electron chi connectivity index (χ4n) is 3.71. The summed E-state index contributed by atoms with van der Waals surface area (Å²) in [6.45, 7) is 5.50. The van der Waals surface area contributed by atoms with E-state index in [0.29, 0.717) is 31.1 Å². The molecular weight excluding hydrogens is 398 g/mol. The molecule has 0 radical (unpaired) electrons. The molecule has 2 atom stereocenters. The molecule has 1 amide bonds. The standard InChI is InChI=1S/C20H33N3O3S.ClH/c1-3-13-23(14-4-2)27(25,26)18-11-9-16(10-12-18)20(24)22-19-8-6-5-7-17(19)15-21;/h9-12,17,19H,3-8,13-15,21H2,1-2H3,(H,22,24);1H. The predicted octanol–water partition coefficient (Wildman–Crippen LogP) is 3.17. The lowest BCUT2D eigenvalue weighted by atomic mass is 9.84. The Morgan fingerprint density at radius 1 is 1.11 bits per heavy atom. The third kappa shape index (κ3) is 6.17. The second-order valence-electron chi connectivity index (χ2n) is 7.29. The van der Waals surface area contributed by atoms with E-state index in [1.54, 1.807) is 12.1 Å². The third-order valence-corrected chi connectivity index (χ3v) is 7.14. The normalized spacial score (nSPS) is 19.9. The molecule has 28 heavy (non-hydrogen) atoms. The topological polar surface area (TPSA) is 92.5 Å². The van der Waals surface area contributed by atoms with Gasteiger partial charge in [0.15, 0.2) is 0 Å². The maximum Gasteiger partial charge on any atom is 0.251 e. The van der Waals surface area contributed by atoms with Gasteiger partial charge >= 0.3 is 0 Å². The molecule has 2 unspecified atom stereocenters. The molecule has 0 saturated heterocycles. The van der Waals surface area contributed by atoms with Gasteiger partial charge in [0.1, 0.15) is 0 Å². The van der Waals surface area contributed by atoms with Gasteiger partial charge in [0.2, 0.25) is 10.0 Å². The Hall–Kier alpha value is -1.15. The van der Waals surface area contributed by atoms with Crippen LogP contribution in [0.1, 0.15) is 62.7 Å². The van der Waals surface area contributed by atoms with Crippen LogP contribution >= 0.6 is 12.4 Å². The van der Waals surface area contributed by atoms with E-state index in [-0.39, 0.29) is 29.3 Å². The Balaban J connectivity index is 0.00000392. The summed E-state index contributed by atoms with van der Waals surface area (Å²) in [5.74, 6) is 0.155. The average Bonchev–Trinajstić information content (AvgIpc) is 2.68. The number of hydrogen-bond acceptors (Lipinski definition) is 4. The average molecular weight is 432 g/mol. The summed E-state index contributed by atoms with van der Waals surface area (Å²) in [6, 6.07) is 6.36. The number of nitrogens with zero attached hydrogens (tertiary/aromatic N) is 1. The highest BCUT2D eigenvalue weighted by molar-refractivity contribution is 7.89. The molecule has 0 bridgehead atoms. The first-order valence-electron chi connectivity index (χ1n) is 10.0. The quantitative estimate of drug-likeness (QED) is 0.628. The van der Waals surface area contributed by atoms with Crippen LogP contribution in [-0.4, -0.2) is 44.3 Å². The second-order valence-corrected chi connectivity index (χ2v) is 9.23. The molecule has 1 aromatic carbocycles. The molecule has 1 fully saturated rings. The molecular formula is C20H34ClN3O3S. The van der Waals surface area contributed by atoms with Crippen molar-refractivity contribution in [2.75, 3.05) is 19.6 Å². The van der Waals surface area contributed by atoms with Crippen molar-refractivity contribution < 1.29 is 13.2 Å². The predicted molar refractivity (Wildman–Crippen MR) is 115 cm³/mol. The second kappa shape index (κ2) is 11.8. The van der Waals surface area contributed by atoms with Gasteiger partial charge in [-0.05, 0) is 62.4 Å². The minimum absolute atomic E-state index is 0. The number of amides is 1. The molecule has 0 aliphatic heterocycles. The lowest BCUT2D eigenvalue weighted by molar-refractivity contribution is 0.0908. The smallest absolute Gasteiger partial charge is 0.251 e. The summed E-state index contributed by atoms with van der Waals surface area (Å²) in [6.07, 6.45) is 5.79. The Kier molecular flexibility index (Phi) is 10.4. The Bertz CT molecular complexity index is 704. The van der Waals surface area contributed by atoms with Crippen molar-refractivity contribution in [3.05, 3.63) is 29.8 Å². The van der Waals surface area contributed by atoms with E-state index in [9.17, 15) is 13.2 Å². The van der Waals surface area contributed by atoms with Crippen LogP contribution in [0.15, 0.2) is 29.2 Å². The van der Waals surface area contributed by atoms with Crippen molar-refractivity contribution in [2.45, 2.75) is 63.3 Å². The van der Waals surface area contributed by atoms with Gasteiger partial charge in [-0.2, -0.15) is 4.31 Å². The number of nitrogens with one attached hydrogen (secondary N) is 1. The van der Waals surface area contributed by atoms with E-state index in [2.05, 4.69) is 5.32 Å². The van der Waals surface area contributed by atoms with Crippen LogP contribution in [0, 0.1) is 5.92 Å². The van der Waals surface area contributed by atoms with Gasteiger partial charge in [-0.25, -0.2) is 8.42 Å². The zero-order valence-electron chi connectivity index (χ0n) is 16.9. The number of hydrogen-bond donors (Lipinski definition) is 2. The van der Waals surface area contributed by atoms with Gasteiger partial charge in [0.25, 0.3) is 5.91 Å². The fraction of sp³-hybridized carbons (Fsp3) is 0.650. The maximum absolute atomic E-state index is 12.8. The summed E-state index contributed by atoms with van der Waals surface area (Å²) < 4.78 is 27.1. The minimum Gasteiger partial charge on any atom is -0.349 e. The molecule has 1 saturated carbocycles. The van der Waals surface area contributed by atoms with Crippen LogP contribution in [0.2, 0.25) is 0 Å². The Morgan fingerprint density at radius 2 is 1.68 bits per heavy atom. The zero-order valence-corrected chi connectivity index (χ0v) is 18.5. The van der Waals surface area contributed by atoms with E-state index >= 15 is 0 Å². The number of halogens is 1. The molecule has 1 aliphatic rings. The molecule has 3 N–H and O–H groups in total. The summed E-state index contributed by atoms with van der Waals surface area (Å²) >= 11 is 0.